The minimum atomic E-state index is -0.948. The predicted molar refractivity (Wildman–Crippen MR) is 38.3 cm³/mol. The van der Waals surface area contributed by atoms with Gasteiger partial charge in [-0.2, -0.15) is 11.8 Å². The van der Waals surface area contributed by atoms with Crippen molar-refractivity contribution in [2.75, 3.05) is 11.5 Å². The lowest BCUT2D eigenvalue weighted by Crippen LogP contribution is -2.32. The maximum Gasteiger partial charge on any atom is 0.321 e. The zero-order valence-electron chi connectivity index (χ0n) is 5.04. The number of carboxylic acids is 1. The first-order chi connectivity index (χ1) is 4.18. The summed E-state index contributed by atoms with van der Waals surface area (Å²) in [6.45, 7) is 3.53. The average Bonchev–Trinajstić information content (AvgIpc) is 1.82. The van der Waals surface area contributed by atoms with Gasteiger partial charge in [0, 0.05) is 5.75 Å². The second-order valence-electron chi connectivity index (χ2n) is 1.52. The fraction of sp³-hybridized carbons (Fsp3) is 0.600. The van der Waals surface area contributed by atoms with E-state index in [1.54, 1.807) is 0 Å². The third-order valence-corrected chi connectivity index (χ3v) is 1.64. The molecule has 0 aromatic rings. The monoisotopic (exact) mass is 148 g/mol. The molecule has 0 spiro atoms. The molecule has 53 valence electrons. The van der Waals surface area contributed by atoms with Crippen LogP contribution in [0.2, 0.25) is 0 Å². The highest BCUT2D eigenvalue weighted by atomic mass is 32.2. The van der Waals surface area contributed by atoms with Crippen LogP contribution in [0.5, 0.6) is 0 Å². The van der Waals surface area contributed by atoms with E-state index in [0.29, 0.717) is 11.5 Å². The molecule has 9 heavy (non-hydrogen) atoms. The van der Waals surface area contributed by atoms with E-state index < -0.39 is 12.0 Å². The van der Waals surface area contributed by atoms with Crippen LogP contribution in [0.25, 0.3) is 0 Å². The normalized spacial score (nSPS) is 13.1. The number of thioether (sulfide) groups is 1. The van der Waals surface area contributed by atoms with E-state index in [2.05, 4.69) is 6.92 Å². The first-order valence-corrected chi connectivity index (χ1v) is 3.69. The van der Waals surface area contributed by atoms with Crippen LogP contribution in [0.4, 0.5) is 0 Å². The lowest BCUT2D eigenvalue weighted by atomic mass is 10.4. The molecule has 0 aliphatic heterocycles. The molecule has 1 radical (unpaired) electrons. The van der Waals surface area contributed by atoms with E-state index in [9.17, 15) is 4.79 Å². The Hall–Kier alpha value is -0.220. The molecule has 0 saturated heterocycles. The summed E-state index contributed by atoms with van der Waals surface area (Å²) in [5.74, 6) is 0.163. The fourth-order valence-electron chi connectivity index (χ4n) is 0.282. The highest BCUT2D eigenvalue weighted by Crippen LogP contribution is 1.99. The molecule has 0 heterocycles. The van der Waals surface area contributed by atoms with Crippen LogP contribution >= 0.6 is 11.8 Å². The number of carbonyl (C=O) groups is 1. The molecule has 3 N–H and O–H groups in total. The first kappa shape index (κ1) is 8.78. The van der Waals surface area contributed by atoms with Gasteiger partial charge in [0.05, 0.1) is 0 Å². The van der Waals surface area contributed by atoms with Gasteiger partial charge in [-0.1, -0.05) is 0 Å². The maximum absolute atomic E-state index is 10.0. The fourth-order valence-corrected chi connectivity index (χ4v) is 0.845. The van der Waals surface area contributed by atoms with Crippen LogP contribution in [0, 0.1) is 6.92 Å². The van der Waals surface area contributed by atoms with E-state index in [0.717, 1.165) is 0 Å². The molecule has 0 aromatic heterocycles. The van der Waals surface area contributed by atoms with Crippen LogP contribution < -0.4 is 5.73 Å². The van der Waals surface area contributed by atoms with Gasteiger partial charge in [-0.3, -0.25) is 4.79 Å². The topological polar surface area (TPSA) is 63.3 Å². The Kier molecular flexibility index (Phi) is 4.53. The minimum Gasteiger partial charge on any atom is -0.480 e. The molecule has 0 fully saturated rings. The second-order valence-corrected chi connectivity index (χ2v) is 2.67. The zero-order chi connectivity index (χ0) is 7.28. The number of aliphatic carboxylic acids is 1. The highest BCUT2D eigenvalue weighted by molar-refractivity contribution is 7.99. The third-order valence-electron chi connectivity index (χ3n) is 0.759. The van der Waals surface area contributed by atoms with Gasteiger partial charge in [0.2, 0.25) is 0 Å². The molecule has 3 nitrogen and oxygen atoms in total. The van der Waals surface area contributed by atoms with Crippen LogP contribution in [0.15, 0.2) is 0 Å². The van der Waals surface area contributed by atoms with Crippen molar-refractivity contribution in [2.24, 2.45) is 5.73 Å². The maximum atomic E-state index is 10.0. The van der Waals surface area contributed by atoms with Crippen LogP contribution in [-0.4, -0.2) is 28.6 Å². The first-order valence-electron chi connectivity index (χ1n) is 2.54. The second kappa shape index (κ2) is 4.64. The molecule has 4 heteroatoms. The average molecular weight is 148 g/mol. The Morgan fingerprint density at radius 3 is 2.78 bits per heavy atom. The van der Waals surface area contributed by atoms with E-state index in [1.807, 2.05) is 0 Å². The number of hydrogen-bond acceptors (Lipinski definition) is 3. The summed E-state index contributed by atoms with van der Waals surface area (Å²) < 4.78 is 0. The number of nitrogens with two attached hydrogens (primary N) is 1. The van der Waals surface area contributed by atoms with Crippen molar-refractivity contribution in [1.82, 2.24) is 0 Å². The van der Waals surface area contributed by atoms with E-state index >= 15 is 0 Å². The molecule has 0 amide bonds. The van der Waals surface area contributed by atoms with Gasteiger partial charge in [0.25, 0.3) is 0 Å². The summed E-state index contributed by atoms with van der Waals surface area (Å²) in [6.07, 6.45) is 0. The van der Waals surface area contributed by atoms with Crippen molar-refractivity contribution >= 4 is 17.7 Å². The van der Waals surface area contributed by atoms with Gasteiger partial charge >= 0.3 is 5.97 Å². The molecule has 0 aliphatic rings. The summed E-state index contributed by atoms with van der Waals surface area (Å²) in [7, 11) is 0. The molecule has 1 atom stereocenters. The molecular formula is C5H10NO2S. The molecule has 0 saturated carbocycles. The highest BCUT2D eigenvalue weighted by Gasteiger charge is 2.09. The largest absolute Gasteiger partial charge is 0.480 e. The Labute approximate surface area is 58.6 Å². The van der Waals surface area contributed by atoms with Crippen LogP contribution in [-0.2, 0) is 4.79 Å². The summed E-state index contributed by atoms with van der Waals surface area (Å²) in [5.41, 5.74) is 5.15. The van der Waals surface area contributed by atoms with Gasteiger partial charge in [0.1, 0.15) is 6.04 Å². The summed E-state index contributed by atoms with van der Waals surface area (Å²) >= 11 is 1.43. The van der Waals surface area contributed by atoms with Crippen molar-refractivity contribution in [1.29, 1.82) is 0 Å². The van der Waals surface area contributed by atoms with Crippen molar-refractivity contribution in [3.63, 3.8) is 0 Å². The molecule has 1 unspecified atom stereocenters. The molecule has 0 bridgehead atoms. The lowest BCUT2D eigenvalue weighted by Gasteiger charge is -2.02. The van der Waals surface area contributed by atoms with Gasteiger partial charge in [-0.05, 0) is 12.7 Å². The number of rotatable bonds is 4. The van der Waals surface area contributed by atoms with Crippen molar-refractivity contribution in [3.05, 3.63) is 6.92 Å². The summed E-state index contributed by atoms with van der Waals surface area (Å²) in [5, 5.41) is 8.25. The van der Waals surface area contributed by atoms with Crippen molar-refractivity contribution in [3.8, 4) is 0 Å². The Morgan fingerprint density at radius 2 is 2.44 bits per heavy atom. The van der Waals surface area contributed by atoms with Crippen molar-refractivity contribution in [2.45, 2.75) is 6.04 Å². The third kappa shape index (κ3) is 4.29. The standard InChI is InChI=1S/C5H10NO2S/c1-2-9-3-4(6)5(7)8/h4H,1-3,6H2,(H,7,8). The van der Waals surface area contributed by atoms with Gasteiger partial charge in [0.15, 0.2) is 0 Å². The Morgan fingerprint density at radius 1 is 1.89 bits per heavy atom. The van der Waals surface area contributed by atoms with Crippen molar-refractivity contribution < 1.29 is 9.90 Å². The molecule has 0 rings (SSSR count). The predicted octanol–water partition coefficient (Wildman–Crippen LogP) is -0.0344. The zero-order valence-corrected chi connectivity index (χ0v) is 5.86. The van der Waals surface area contributed by atoms with E-state index in [1.165, 1.54) is 11.8 Å². The summed E-state index contributed by atoms with van der Waals surface area (Å²) in [6, 6.07) is -0.739. The van der Waals surface area contributed by atoms with E-state index in [-0.39, 0.29) is 0 Å². The molecule has 0 aliphatic carbocycles. The number of hydrogen-bond donors (Lipinski definition) is 2. The SMILES string of the molecule is [CH2]CSCC(N)C(=O)O. The smallest absolute Gasteiger partial charge is 0.321 e. The lowest BCUT2D eigenvalue weighted by molar-refractivity contribution is -0.137. The summed E-state index contributed by atoms with van der Waals surface area (Å²) in [4.78, 5) is 10.0. The number of carboxylic acid groups (broad SMARTS) is 1. The van der Waals surface area contributed by atoms with Crippen LogP contribution in [0.3, 0.4) is 0 Å². The molecular weight excluding hydrogens is 138 g/mol. The van der Waals surface area contributed by atoms with Gasteiger partial charge < -0.3 is 10.8 Å². The molecule has 0 aromatic carbocycles. The minimum absolute atomic E-state index is 0.443. The quantitative estimate of drug-likeness (QED) is 0.587. The van der Waals surface area contributed by atoms with E-state index in [4.69, 9.17) is 10.8 Å². The van der Waals surface area contributed by atoms with Gasteiger partial charge in [-0.15, -0.1) is 0 Å². The Balaban J connectivity index is 3.27. The van der Waals surface area contributed by atoms with Gasteiger partial charge in [-0.25, -0.2) is 0 Å². The Bertz CT molecular complexity index is 97.0. The van der Waals surface area contributed by atoms with Crippen LogP contribution in [0.1, 0.15) is 0 Å².